The zero-order valence-electron chi connectivity index (χ0n) is 9.86. The smallest absolute Gasteiger partial charge is 0.118 e. The Morgan fingerprint density at radius 2 is 2.00 bits per heavy atom. The van der Waals surface area contributed by atoms with Gasteiger partial charge in [0.15, 0.2) is 0 Å². The molecule has 0 aromatic heterocycles. The fourth-order valence-electron chi connectivity index (χ4n) is 2.36. The van der Waals surface area contributed by atoms with Crippen LogP contribution in [0.3, 0.4) is 0 Å². The molecule has 1 aromatic rings. The molecule has 88 valence electrons. The van der Waals surface area contributed by atoms with Gasteiger partial charge < -0.3 is 9.84 Å². The molecule has 2 rings (SSSR count). The van der Waals surface area contributed by atoms with Gasteiger partial charge in [-0.1, -0.05) is 31.4 Å². The van der Waals surface area contributed by atoms with E-state index < -0.39 is 0 Å². The number of aliphatic hydroxyl groups excluding tert-OH is 1. The average Bonchev–Trinajstić information content (AvgIpc) is 2.26. The van der Waals surface area contributed by atoms with E-state index in [4.69, 9.17) is 4.74 Å². The lowest BCUT2D eigenvalue weighted by Gasteiger charge is -2.32. The standard InChI is InChI=1S/C14H20O2/c1-16-14-7-5-11(6-8-14)9-13(10-15)12-3-2-4-12/h5-8,12-13,15H,2-4,9-10H2,1H3. The summed E-state index contributed by atoms with van der Waals surface area (Å²) >= 11 is 0. The summed E-state index contributed by atoms with van der Waals surface area (Å²) in [5, 5.41) is 9.40. The number of methoxy groups -OCH3 is 1. The fourth-order valence-corrected chi connectivity index (χ4v) is 2.36. The van der Waals surface area contributed by atoms with E-state index in [9.17, 15) is 5.11 Å². The number of hydrogen-bond donors (Lipinski definition) is 1. The van der Waals surface area contributed by atoms with Gasteiger partial charge in [0.05, 0.1) is 7.11 Å². The Bertz CT molecular complexity index is 314. The molecular formula is C14H20O2. The molecule has 2 nitrogen and oxygen atoms in total. The van der Waals surface area contributed by atoms with E-state index in [0.717, 1.165) is 18.1 Å². The van der Waals surface area contributed by atoms with Crippen molar-refractivity contribution < 1.29 is 9.84 Å². The molecule has 1 atom stereocenters. The molecule has 0 radical (unpaired) electrons. The second-order valence-electron chi connectivity index (χ2n) is 4.69. The van der Waals surface area contributed by atoms with Gasteiger partial charge in [-0.05, 0) is 36.0 Å². The Kier molecular flexibility index (Phi) is 3.83. The van der Waals surface area contributed by atoms with Gasteiger partial charge in [-0.3, -0.25) is 0 Å². The summed E-state index contributed by atoms with van der Waals surface area (Å²) < 4.78 is 5.13. The molecule has 1 fully saturated rings. The molecule has 1 N–H and O–H groups in total. The molecule has 0 bridgehead atoms. The number of ether oxygens (including phenoxy) is 1. The van der Waals surface area contributed by atoms with Crippen molar-refractivity contribution in [3.8, 4) is 5.75 Å². The van der Waals surface area contributed by atoms with Gasteiger partial charge in [-0.2, -0.15) is 0 Å². The van der Waals surface area contributed by atoms with Crippen molar-refractivity contribution in [2.75, 3.05) is 13.7 Å². The summed E-state index contributed by atoms with van der Waals surface area (Å²) in [6.45, 7) is 0.316. The second kappa shape index (κ2) is 5.35. The monoisotopic (exact) mass is 220 g/mol. The molecule has 1 aromatic carbocycles. The van der Waals surface area contributed by atoms with Crippen molar-refractivity contribution in [1.82, 2.24) is 0 Å². The van der Waals surface area contributed by atoms with Crippen LogP contribution in [0.4, 0.5) is 0 Å². The maximum absolute atomic E-state index is 9.40. The lowest BCUT2D eigenvalue weighted by atomic mass is 9.74. The van der Waals surface area contributed by atoms with Crippen molar-refractivity contribution in [2.24, 2.45) is 11.8 Å². The van der Waals surface area contributed by atoms with Crippen LogP contribution in [0.1, 0.15) is 24.8 Å². The normalized spacial score (nSPS) is 17.9. The van der Waals surface area contributed by atoms with E-state index in [-0.39, 0.29) is 0 Å². The highest BCUT2D eigenvalue weighted by Crippen LogP contribution is 2.35. The highest BCUT2D eigenvalue weighted by atomic mass is 16.5. The number of rotatable bonds is 5. The van der Waals surface area contributed by atoms with Crippen LogP contribution in [-0.2, 0) is 6.42 Å². The van der Waals surface area contributed by atoms with Crippen molar-refractivity contribution in [3.63, 3.8) is 0 Å². The minimum atomic E-state index is 0.316. The minimum absolute atomic E-state index is 0.316. The highest BCUT2D eigenvalue weighted by Gasteiger charge is 2.26. The number of benzene rings is 1. The maximum Gasteiger partial charge on any atom is 0.118 e. The lowest BCUT2D eigenvalue weighted by molar-refractivity contribution is 0.123. The molecular weight excluding hydrogens is 200 g/mol. The largest absolute Gasteiger partial charge is 0.497 e. The first-order valence-electron chi connectivity index (χ1n) is 6.07. The van der Waals surface area contributed by atoms with Crippen LogP contribution in [0.15, 0.2) is 24.3 Å². The fraction of sp³-hybridized carbons (Fsp3) is 0.571. The zero-order valence-corrected chi connectivity index (χ0v) is 9.86. The summed E-state index contributed by atoms with van der Waals surface area (Å²) in [6.07, 6.45) is 4.91. The number of aliphatic hydroxyl groups is 1. The van der Waals surface area contributed by atoms with E-state index in [1.165, 1.54) is 24.8 Å². The molecule has 1 aliphatic carbocycles. The highest BCUT2D eigenvalue weighted by molar-refractivity contribution is 5.27. The average molecular weight is 220 g/mol. The van der Waals surface area contributed by atoms with Gasteiger partial charge in [0, 0.05) is 6.61 Å². The van der Waals surface area contributed by atoms with Crippen LogP contribution >= 0.6 is 0 Å². The Morgan fingerprint density at radius 1 is 1.31 bits per heavy atom. The van der Waals surface area contributed by atoms with E-state index in [2.05, 4.69) is 12.1 Å². The quantitative estimate of drug-likeness (QED) is 0.826. The predicted molar refractivity (Wildman–Crippen MR) is 64.6 cm³/mol. The van der Waals surface area contributed by atoms with E-state index in [0.29, 0.717) is 12.5 Å². The Morgan fingerprint density at radius 3 is 2.44 bits per heavy atom. The minimum Gasteiger partial charge on any atom is -0.497 e. The van der Waals surface area contributed by atoms with Gasteiger partial charge >= 0.3 is 0 Å². The van der Waals surface area contributed by atoms with Crippen LogP contribution < -0.4 is 4.74 Å². The summed E-state index contributed by atoms with van der Waals surface area (Å²) in [6, 6.07) is 8.18. The van der Waals surface area contributed by atoms with E-state index >= 15 is 0 Å². The van der Waals surface area contributed by atoms with Crippen LogP contribution in [0.25, 0.3) is 0 Å². The van der Waals surface area contributed by atoms with Gasteiger partial charge in [0.25, 0.3) is 0 Å². The maximum atomic E-state index is 9.40. The third-order valence-electron chi connectivity index (χ3n) is 3.71. The van der Waals surface area contributed by atoms with E-state index in [1.54, 1.807) is 7.11 Å². The predicted octanol–water partition coefficient (Wildman–Crippen LogP) is 2.65. The first kappa shape index (κ1) is 11.5. The van der Waals surface area contributed by atoms with Crippen LogP contribution in [0.2, 0.25) is 0 Å². The van der Waals surface area contributed by atoms with Crippen molar-refractivity contribution in [3.05, 3.63) is 29.8 Å². The van der Waals surface area contributed by atoms with Crippen molar-refractivity contribution >= 4 is 0 Å². The Labute approximate surface area is 97.3 Å². The summed E-state index contributed by atoms with van der Waals surface area (Å²) in [5.41, 5.74) is 1.30. The Hall–Kier alpha value is -1.02. The third kappa shape index (κ3) is 2.56. The number of hydrogen-bond acceptors (Lipinski definition) is 2. The van der Waals surface area contributed by atoms with Gasteiger partial charge in [0.1, 0.15) is 5.75 Å². The summed E-state index contributed by atoms with van der Waals surface area (Å²) in [4.78, 5) is 0. The molecule has 0 spiro atoms. The second-order valence-corrected chi connectivity index (χ2v) is 4.69. The van der Waals surface area contributed by atoms with Gasteiger partial charge in [0.2, 0.25) is 0 Å². The van der Waals surface area contributed by atoms with Crippen LogP contribution in [0, 0.1) is 11.8 Å². The SMILES string of the molecule is COc1ccc(CC(CO)C2CCC2)cc1. The lowest BCUT2D eigenvalue weighted by Crippen LogP contribution is -2.26. The summed E-state index contributed by atoms with van der Waals surface area (Å²) in [7, 11) is 1.68. The molecule has 16 heavy (non-hydrogen) atoms. The van der Waals surface area contributed by atoms with E-state index in [1.807, 2.05) is 12.1 Å². The molecule has 1 aliphatic rings. The van der Waals surface area contributed by atoms with Gasteiger partial charge in [-0.15, -0.1) is 0 Å². The zero-order chi connectivity index (χ0) is 11.4. The molecule has 1 saturated carbocycles. The summed E-state index contributed by atoms with van der Waals surface area (Å²) in [5.74, 6) is 2.09. The molecule has 2 heteroatoms. The van der Waals surface area contributed by atoms with Gasteiger partial charge in [-0.25, -0.2) is 0 Å². The van der Waals surface area contributed by atoms with Crippen molar-refractivity contribution in [1.29, 1.82) is 0 Å². The molecule has 0 heterocycles. The third-order valence-corrected chi connectivity index (χ3v) is 3.71. The molecule has 0 saturated heterocycles. The van der Waals surface area contributed by atoms with Crippen molar-refractivity contribution in [2.45, 2.75) is 25.7 Å². The van der Waals surface area contributed by atoms with Crippen LogP contribution in [-0.4, -0.2) is 18.8 Å². The molecule has 0 aliphatic heterocycles. The molecule has 0 amide bonds. The van der Waals surface area contributed by atoms with Crippen LogP contribution in [0.5, 0.6) is 5.75 Å². The topological polar surface area (TPSA) is 29.5 Å². The Balaban J connectivity index is 1.95. The molecule has 1 unspecified atom stereocenters. The first-order valence-corrected chi connectivity index (χ1v) is 6.07. The first-order chi connectivity index (χ1) is 7.83.